The molecule has 4 aromatic carbocycles. The topological polar surface area (TPSA) is 116 Å². The summed E-state index contributed by atoms with van der Waals surface area (Å²) in [4.78, 5) is 55.9. The van der Waals surface area contributed by atoms with Gasteiger partial charge in [0.15, 0.2) is 0 Å². The first-order valence-corrected chi connectivity index (χ1v) is 15.7. The van der Waals surface area contributed by atoms with Crippen LogP contribution in [0.1, 0.15) is 50.9 Å². The third-order valence-corrected chi connectivity index (χ3v) is 8.30. The summed E-state index contributed by atoms with van der Waals surface area (Å²) in [6.07, 6.45) is -0.374. The Morgan fingerprint density at radius 3 is 0.809 bits per heavy atom. The van der Waals surface area contributed by atoms with Gasteiger partial charge in [-0.25, -0.2) is 0 Å². The SMILES string of the molecule is Cc1ccc(NC(=O)C(CC(C(=O)Nc2ccc(C)cc2C)C(=O)Nc2ccc(C)cc2C)C(=O)Nc2ccc(C)cc2C)c(C)c1. The molecule has 0 unspecified atom stereocenters. The molecule has 0 fully saturated rings. The van der Waals surface area contributed by atoms with E-state index in [4.69, 9.17) is 0 Å². The van der Waals surface area contributed by atoms with Gasteiger partial charge >= 0.3 is 0 Å². The van der Waals surface area contributed by atoms with Crippen molar-refractivity contribution in [3.05, 3.63) is 117 Å². The van der Waals surface area contributed by atoms with Crippen molar-refractivity contribution in [2.75, 3.05) is 21.3 Å². The zero-order valence-electron chi connectivity index (χ0n) is 28.4. The molecule has 4 amide bonds. The van der Waals surface area contributed by atoms with Gasteiger partial charge < -0.3 is 21.3 Å². The smallest absolute Gasteiger partial charge is 0.237 e. The number of hydrogen-bond acceptors (Lipinski definition) is 4. The number of rotatable bonds is 10. The lowest BCUT2D eigenvalue weighted by Crippen LogP contribution is -2.41. The lowest BCUT2D eigenvalue weighted by molar-refractivity contribution is -0.133. The minimum atomic E-state index is -1.39. The lowest BCUT2D eigenvalue weighted by atomic mass is 9.90. The number of amides is 4. The van der Waals surface area contributed by atoms with Gasteiger partial charge in [0.05, 0.1) is 0 Å². The number of benzene rings is 4. The van der Waals surface area contributed by atoms with Crippen LogP contribution in [0.25, 0.3) is 0 Å². The Balaban J connectivity index is 1.72. The number of carbonyl (C=O) groups excluding carboxylic acids is 4. The third-order valence-electron chi connectivity index (χ3n) is 8.30. The summed E-state index contributed by atoms with van der Waals surface area (Å²) in [5.41, 5.74) is 9.56. The highest BCUT2D eigenvalue weighted by atomic mass is 16.2. The van der Waals surface area contributed by atoms with Gasteiger partial charge in [0.2, 0.25) is 23.6 Å². The van der Waals surface area contributed by atoms with E-state index in [1.807, 2.05) is 104 Å². The molecule has 47 heavy (non-hydrogen) atoms. The minimum Gasteiger partial charge on any atom is -0.325 e. The Morgan fingerprint density at radius 1 is 0.404 bits per heavy atom. The van der Waals surface area contributed by atoms with Gasteiger partial charge in [0.25, 0.3) is 0 Å². The summed E-state index contributed by atoms with van der Waals surface area (Å²) in [5, 5.41) is 11.5. The highest BCUT2D eigenvalue weighted by Crippen LogP contribution is 2.26. The molecule has 0 radical (unpaired) electrons. The van der Waals surface area contributed by atoms with E-state index in [0.717, 1.165) is 44.5 Å². The van der Waals surface area contributed by atoms with Crippen LogP contribution in [0.2, 0.25) is 0 Å². The summed E-state index contributed by atoms with van der Waals surface area (Å²) >= 11 is 0. The second-order valence-electron chi connectivity index (χ2n) is 12.6. The van der Waals surface area contributed by atoms with E-state index in [1.165, 1.54) is 0 Å². The van der Waals surface area contributed by atoms with Crippen molar-refractivity contribution in [1.82, 2.24) is 0 Å². The monoisotopic (exact) mass is 632 g/mol. The van der Waals surface area contributed by atoms with Gasteiger partial charge in [-0.3, -0.25) is 19.2 Å². The van der Waals surface area contributed by atoms with Crippen LogP contribution in [0.5, 0.6) is 0 Å². The Hall–Kier alpha value is -5.24. The second kappa shape index (κ2) is 14.9. The van der Waals surface area contributed by atoms with E-state index in [2.05, 4.69) is 21.3 Å². The zero-order chi connectivity index (χ0) is 34.4. The fourth-order valence-electron chi connectivity index (χ4n) is 5.60. The van der Waals surface area contributed by atoms with Crippen molar-refractivity contribution in [2.24, 2.45) is 11.8 Å². The van der Waals surface area contributed by atoms with Crippen molar-refractivity contribution in [1.29, 1.82) is 0 Å². The molecule has 0 atom stereocenters. The zero-order valence-corrected chi connectivity index (χ0v) is 28.4. The summed E-state index contributed by atoms with van der Waals surface area (Å²) in [5.74, 6) is -5.27. The van der Waals surface area contributed by atoms with Crippen molar-refractivity contribution >= 4 is 46.4 Å². The molecule has 0 heterocycles. The molecule has 8 nitrogen and oxygen atoms in total. The van der Waals surface area contributed by atoms with Gasteiger partial charge in [0, 0.05) is 22.7 Å². The Bertz CT molecular complexity index is 1580. The average molecular weight is 633 g/mol. The van der Waals surface area contributed by atoms with Crippen LogP contribution >= 0.6 is 0 Å². The molecule has 0 aromatic heterocycles. The number of aryl methyl sites for hydroxylation is 8. The van der Waals surface area contributed by atoms with Crippen LogP contribution in [0.4, 0.5) is 22.7 Å². The average Bonchev–Trinajstić information content (AvgIpc) is 2.99. The molecule has 0 saturated heterocycles. The molecular weight excluding hydrogens is 588 g/mol. The summed E-state index contributed by atoms with van der Waals surface area (Å²) in [6, 6.07) is 22.3. The van der Waals surface area contributed by atoms with E-state index < -0.39 is 35.5 Å². The highest BCUT2D eigenvalue weighted by Gasteiger charge is 2.37. The van der Waals surface area contributed by atoms with E-state index in [-0.39, 0.29) is 6.42 Å². The molecule has 4 aromatic rings. The Kier molecular flexibility index (Phi) is 11.0. The molecule has 0 aliphatic rings. The third kappa shape index (κ3) is 8.94. The fraction of sp³-hybridized carbons (Fsp3) is 0.282. The van der Waals surface area contributed by atoms with Gasteiger partial charge in [-0.1, -0.05) is 70.8 Å². The molecular formula is C39H44N4O4. The van der Waals surface area contributed by atoms with Crippen LogP contribution in [-0.2, 0) is 19.2 Å². The quantitative estimate of drug-likeness (QED) is 0.135. The molecule has 0 bridgehead atoms. The first-order valence-electron chi connectivity index (χ1n) is 15.7. The largest absolute Gasteiger partial charge is 0.325 e. The predicted molar refractivity (Wildman–Crippen MR) is 190 cm³/mol. The van der Waals surface area contributed by atoms with Crippen molar-refractivity contribution in [2.45, 2.75) is 61.8 Å². The molecule has 0 spiro atoms. The van der Waals surface area contributed by atoms with Crippen LogP contribution in [0.3, 0.4) is 0 Å². The summed E-state index contributed by atoms with van der Waals surface area (Å²) < 4.78 is 0. The second-order valence-corrected chi connectivity index (χ2v) is 12.6. The fourth-order valence-corrected chi connectivity index (χ4v) is 5.60. The van der Waals surface area contributed by atoms with Crippen molar-refractivity contribution in [3.8, 4) is 0 Å². The Labute approximate surface area is 277 Å². The summed E-state index contributed by atoms with van der Waals surface area (Å²) in [6.45, 7) is 15.3. The van der Waals surface area contributed by atoms with Gasteiger partial charge in [-0.15, -0.1) is 0 Å². The van der Waals surface area contributed by atoms with Crippen LogP contribution in [0.15, 0.2) is 72.8 Å². The maximum absolute atomic E-state index is 14.0. The highest BCUT2D eigenvalue weighted by molar-refractivity contribution is 6.15. The molecule has 8 heteroatoms. The number of anilines is 4. The summed E-state index contributed by atoms with van der Waals surface area (Å²) in [7, 11) is 0. The minimum absolute atomic E-state index is 0.374. The van der Waals surface area contributed by atoms with Crippen molar-refractivity contribution in [3.63, 3.8) is 0 Å². The van der Waals surface area contributed by atoms with Gasteiger partial charge in [-0.05, 0) is 108 Å². The van der Waals surface area contributed by atoms with Gasteiger partial charge in [-0.2, -0.15) is 0 Å². The molecule has 4 N–H and O–H groups in total. The van der Waals surface area contributed by atoms with E-state index >= 15 is 0 Å². The van der Waals surface area contributed by atoms with Crippen molar-refractivity contribution < 1.29 is 19.2 Å². The standard InChI is InChI=1S/C39H44N4O4/c1-22-9-13-32(26(5)17-22)40-36(44)30(37(45)41-33-14-10-23(2)18-27(33)6)21-31(38(46)42-34-15-11-24(3)19-28(34)7)39(47)43-35-16-12-25(4)20-29(35)8/h9-20,30-31H,21H2,1-8H3,(H,40,44)(H,41,45)(H,42,46)(H,43,47). The predicted octanol–water partition coefficient (Wildman–Crippen LogP) is 7.63. The maximum atomic E-state index is 14.0. The number of carbonyl (C=O) groups is 4. The molecule has 0 saturated carbocycles. The van der Waals surface area contributed by atoms with E-state index in [9.17, 15) is 19.2 Å². The number of nitrogens with one attached hydrogen (secondary N) is 4. The van der Waals surface area contributed by atoms with E-state index in [1.54, 1.807) is 24.3 Å². The number of hydrogen-bond donors (Lipinski definition) is 4. The van der Waals surface area contributed by atoms with Crippen LogP contribution in [-0.4, -0.2) is 23.6 Å². The maximum Gasteiger partial charge on any atom is 0.237 e. The lowest BCUT2D eigenvalue weighted by Gasteiger charge is -2.23. The normalized spacial score (nSPS) is 10.9. The first kappa shape index (κ1) is 34.6. The van der Waals surface area contributed by atoms with Gasteiger partial charge in [0.1, 0.15) is 11.8 Å². The molecule has 0 aliphatic heterocycles. The van der Waals surface area contributed by atoms with Crippen LogP contribution < -0.4 is 21.3 Å². The first-order chi connectivity index (χ1) is 22.2. The molecule has 4 rings (SSSR count). The molecule has 0 aliphatic carbocycles. The Morgan fingerprint density at radius 2 is 0.617 bits per heavy atom. The van der Waals surface area contributed by atoms with E-state index in [0.29, 0.717) is 22.7 Å². The van der Waals surface area contributed by atoms with Crippen LogP contribution in [0, 0.1) is 67.2 Å². The molecule has 244 valence electrons.